The van der Waals surface area contributed by atoms with Crippen molar-refractivity contribution in [2.24, 2.45) is 0 Å². The van der Waals surface area contributed by atoms with E-state index in [1.165, 1.54) is 4.31 Å². The third kappa shape index (κ3) is 6.90. The number of sulfonamides is 1. The molecule has 6 nitrogen and oxygen atoms in total. The molecule has 0 aromatic heterocycles. The number of carbonyl (C=O) groups is 1. The number of hydrogen-bond donors (Lipinski definition) is 1. The van der Waals surface area contributed by atoms with Gasteiger partial charge in [0.25, 0.3) is 15.9 Å². The monoisotopic (exact) mass is 534 g/mol. The van der Waals surface area contributed by atoms with Gasteiger partial charge < -0.3 is 10.1 Å². The van der Waals surface area contributed by atoms with Crippen LogP contribution < -0.4 is 14.4 Å². The molecule has 0 aliphatic rings. The summed E-state index contributed by atoms with van der Waals surface area (Å²) in [4.78, 5) is 12.4. The van der Waals surface area contributed by atoms with Crippen molar-refractivity contribution in [3.8, 4) is 5.75 Å². The van der Waals surface area contributed by atoms with E-state index < -0.39 is 10.0 Å². The average Bonchev–Trinajstić information content (AvgIpc) is 2.89. The highest BCUT2D eigenvalue weighted by Gasteiger charge is 2.25. The molecule has 0 saturated carbocycles. The molecule has 0 saturated heterocycles. The van der Waals surface area contributed by atoms with E-state index in [4.69, 9.17) is 16.3 Å². The first-order valence-corrected chi connectivity index (χ1v) is 13.5. The molecule has 1 N–H and O–H groups in total. The van der Waals surface area contributed by atoms with E-state index >= 15 is 0 Å². The highest BCUT2D eigenvalue weighted by molar-refractivity contribution is 7.92. The second-order valence-electron chi connectivity index (χ2n) is 8.65. The maximum atomic E-state index is 13.6. The maximum Gasteiger partial charge on any atom is 0.264 e. The van der Waals surface area contributed by atoms with Crippen molar-refractivity contribution in [2.75, 3.05) is 16.2 Å². The standard InChI is InChI=1S/C29H27ClN2O4S/c1-21-3-11-25(12-4-21)31-29(33)20-36-27-15-13-26(14-16-27)32(19-23-7-9-24(30)10-8-23)37(34,35)28-17-5-22(2)6-18-28/h3-18H,19-20H2,1-2H3,(H,31,33). The number of aryl methyl sites for hydroxylation is 2. The SMILES string of the molecule is Cc1ccc(NC(=O)COc2ccc(N(Cc3ccc(Cl)cc3)S(=O)(=O)c3ccc(C)cc3)cc2)cc1. The summed E-state index contributed by atoms with van der Waals surface area (Å²) in [5, 5.41) is 3.36. The van der Waals surface area contributed by atoms with Crippen LogP contribution in [0.25, 0.3) is 0 Å². The molecular formula is C29H27ClN2O4S. The molecule has 0 fully saturated rings. The van der Waals surface area contributed by atoms with Crippen LogP contribution in [0.5, 0.6) is 5.75 Å². The summed E-state index contributed by atoms with van der Waals surface area (Å²) in [6.07, 6.45) is 0. The number of nitrogens with one attached hydrogen (secondary N) is 1. The lowest BCUT2D eigenvalue weighted by atomic mass is 10.2. The van der Waals surface area contributed by atoms with Crippen LogP contribution in [-0.2, 0) is 21.4 Å². The average molecular weight is 535 g/mol. The Labute approximate surface area is 222 Å². The number of halogens is 1. The number of anilines is 2. The minimum atomic E-state index is -3.86. The first-order valence-electron chi connectivity index (χ1n) is 11.6. The van der Waals surface area contributed by atoms with Crippen molar-refractivity contribution >= 4 is 38.9 Å². The number of amides is 1. The Bertz CT molecular complexity index is 1450. The molecule has 8 heteroatoms. The summed E-state index contributed by atoms with van der Waals surface area (Å²) in [5.41, 5.74) is 4.01. The van der Waals surface area contributed by atoms with Crippen LogP contribution in [0.1, 0.15) is 16.7 Å². The van der Waals surface area contributed by atoms with Gasteiger partial charge in [0.05, 0.1) is 17.1 Å². The van der Waals surface area contributed by atoms with Crippen LogP contribution in [0.3, 0.4) is 0 Å². The third-order valence-electron chi connectivity index (χ3n) is 5.68. The molecule has 37 heavy (non-hydrogen) atoms. The lowest BCUT2D eigenvalue weighted by molar-refractivity contribution is -0.118. The van der Waals surface area contributed by atoms with E-state index in [0.29, 0.717) is 22.1 Å². The third-order valence-corrected chi connectivity index (χ3v) is 7.72. The number of ether oxygens (including phenoxy) is 1. The van der Waals surface area contributed by atoms with Crippen LogP contribution >= 0.6 is 11.6 Å². The van der Waals surface area contributed by atoms with Crippen LogP contribution in [0, 0.1) is 13.8 Å². The largest absolute Gasteiger partial charge is 0.484 e. The fraction of sp³-hybridized carbons (Fsp3) is 0.138. The van der Waals surface area contributed by atoms with Gasteiger partial charge in [-0.1, -0.05) is 59.1 Å². The van der Waals surface area contributed by atoms with E-state index in [9.17, 15) is 13.2 Å². The van der Waals surface area contributed by atoms with E-state index in [1.54, 1.807) is 72.8 Å². The van der Waals surface area contributed by atoms with Gasteiger partial charge in [-0.2, -0.15) is 0 Å². The fourth-order valence-electron chi connectivity index (χ4n) is 3.60. The van der Waals surface area contributed by atoms with Gasteiger partial charge in [-0.15, -0.1) is 0 Å². The molecule has 0 aliphatic heterocycles. The second kappa shape index (κ2) is 11.5. The molecule has 190 valence electrons. The molecule has 4 aromatic carbocycles. The number of hydrogen-bond acceptors (Lipinski definition) is 4. The molecule has 0 heterocycles. The first kappa shape index (κ1) is 26.3. The Morgan fingerprint density at radius 1 is 0.811 bits per heavy atom. The van der Waals surface area contributed by atoms with Crippen molar-refractivity contribution in [1.29, 1.82) is 0 Å². The van der Waals surface area contributed by atoms with E-state index in [1.807, 2.05) is 38.1 Å². The summed E-state index contributed by atoms with van der Waals surface area (Å²) in [7, 11) is -3.86. The normalized spacial score (nSPS) is 11.1. The van der Waals surface area contributed by atoms with Gasteiger partial charge in [0.2, 0.25) is 0 Å². The van der Waals surface area contributed by atoms with Crippen molar-refractivity contribution in [1.82, 2.24) is 0 Å². The first-order chi connectivity index (χ1) is 17.7. The summed E-state index contributed by atoms with van der Waals surface area (Å²) in [6, 6.07) is 27.9. The zero-order chi connectivity index (χ0) is 26.4. The van der Waals surface area contributed by atoms with Crippen LogP contribution in [-0.4, -0.2) is 20.9 Å². The minimum absolute atomic E-state index is 0.118. The number of carbonyl (C=O) groups excluding carboxylic acids is 1. The topological polar surface area (TPSA) is 75.7 Å². The van der Waals surface area contributed by atoms with Gasteiger partial charge in [0.15, 0.2) is 6.61 Å². The van der Waals surface area contributed by atoms with Crippen LogP contribution in [0.15, 0.2) is 102 Å². The zero-order valence-corrected chi connectivity index (χ0v) is 22.1. The molecule has 0 unspecified atom stereocenters. The Morgan fingerprint density at radius 3 is 1.97 bits per heavy atom. The predicted molar refractivity (Wildman–Crippen MR) is 148 cm³/mol. The molecule has 0 radical (unpaired) electrons. The molecule has 0 atom stereocenters. The molecule has 1 amide bonds. The molecule has 0 bridgehead atoms. The minimum Gasteiger partial charge on any atom is -0.484 e. The molecular weight excluding hydrogens is 508 g/mol. The van der Waals surface area contributed by atoms with Gasteiger partial charge in [-0.25, -0.2) is 8.42 Å². The smallest absolute Gasteiger partial charge is 0.264 e. The second-order valence-corrected chi connectivity index (χ2v) is 10.9. The summed E-state index contributed by atoms with van der Waals surface area (Å²) >= 11 is 6.01. The predicted octanol–water partition coefficient (Wildman–Crippen LogP) is 6.37. The van der Waals surface area contributed by atoms with Crippen LogP contribution in [0.4, 0.5) is 11.4 Å². The Balaban J connectivity index is 1.51. The Hall–Kier alpha value is -3.81. The lowest BCUT2D eigenvalue weighted by Gasteiger charge is -2.25. The fourth-order valence-corrected chi connectivity index (χ4v) is 5.18. The van der Waals surface area contributed by atoms with Crippen molar-refractivity contribution < 1.29 is 17.9 Å². The number of benzene rings is 4. The summed E-state index contributed by atoms with van der Waals surface area (Å²) < 4.78 is 34.2. The van der Waals surface area contributed by atoms with E-state index in [-0.39, 0.29) is 24.0 Å². The molecule has 0 spiro atoms. The summed E-state index contributed by atoms with van der Waals surface area (Å²) in [5.74, 6) is 0.154. The van der Waals surface area contributed by atoms with E-state index in [2.05, 4.69) is 5.32 Å². The number of rotatable bonds is 9. The molecule has 0 aliphatic carbocycles. The highest BCUT2D eigenvalue weighted by Crippen LogP contribution is 2.28. The van der Waals surface area contributed by atoms with Crippen molar-refractivity contribution in [3.63, 3.8) is 0 Å². The van der Waals surface area contributed by atoms with Gasteiger partial charge in [-0.3, -0.25) is 9.10 Å². The number of nitrogens with zero attached hydrogens (tertiary/aromatic N) is 1. The van der Waals surface area contributed by atoms with Gasteiger partial charge in [0, 0.05) is 10.7 Å². The lowest BCUT2D eigenvalue weighted by Crippen LogP contribution is -2.30. The van der Waals surface area contributed by atoms with Crippen LogP contribution in [0.2, 0.25) is 5.02 Å². The van der Waals surface area contributed by atoms with Gasteiger partial charge in [-0.05, 0) is 80.1 Å². The Morgan fingerprint density at radius 2 is 1.38 bits per heavy atom. The Kier molecular flexibility index (Phi) is 8.16. The van der Waals surface area contributed by atoms with Gasteiger partial charge >= 0.3 is 0 Å². The molecule has 4 aromatic rings. The highest BCUT2D eigenvalue weighted by atomic mass is 35.5. The summed E-state index contributed by atoms with van der Waals surface area (Å²) in [6.45, 7) is 3.82. The maximum absolute atomic E-state index is 13.6. The van der Waals surface area contributed by atoms with Crippen molar-refractivity contribution in [3.05, 3.63) is 119 Å². The zero-order valence-electron chi connectivity index (χ0n) is 20.5. The quantitative estimate of drug-likeness (QED) is 0.271. The van der Waals surface area contributed by atoms with Gasteiger partial charge in [0.1, 0.15) is 5.75 Å². The van der Waals surface area contributed by atoms with Crippen molar-refractivity contribution in [2.45, 2.75) is 25.3 Å². The molecule has 4 rings (SSSR count). The van der Waals surface area contributed by atoms with E-state index in [0.717, 1.165) is 16.7 Å².